The monoisotopic (exact) mass is 530 g/mol. The number of aryl methyl sites for hydroxylation is 1. The highest BCUT2D eigenvalue weighted by Crippen LogP contribution is 2.51. The van der Waals surface area contributed by atoms with Gasteiger partial charge in [-0.1, -0.05) is 24.3 Å². The van der Waals surface area contributed by atoms with Gasteiger partial charge in [0.05, 0.1) is 22.5 Å². The summed E-state index contributed by atoms with van der Waals surface area (Å²) < 4.78 is 44.3. The first-order chi connectivity index (χ1) is 18.3. The quantitative estimate of drug-likeness (QED) is 0.334. The second kappa shape index (κ2) is 9.41. The van der Waals surface area contributed by atoms with Crippen LogP contribution in [0.4, 0.5) is 0 Å². The average Bonchev–Trinajstić information content (AvgIpc) is 3.42. The second-order valence-corrected chi connectivity index (χ2v) is 11.4. The summed E-state index contributed by atoms with van der Waals surface area (Å²) >= 11 is 0. The predicted octanol–water partition coefficient (Wildman–Crippen LogP) is 4.70. The summed E-state index contributed by atoms with van der Waals surface area (Å²) in [5.74, 6) is 2.78. The lowest BCUT2D eigenvalue weighted by Crippen LogP contribution is -2.23. The van der Waals surface area contributed by atoms with Gasteiger partial charge in [0.25, 0.3) is 0 Å². The summed E-state index contributed by atoms with van der Waals surface area (Å²) in [7, 11) is -3.70. The van der Waals surface area contributed by atoms with E-state index in [9.17, 15) is 13.2 Å². The number of Topliss-reactive ketones (excluding diaryl/α,β-unsaturated/α-hetero) is 1. The minimum Gasteiger partial charge on any atom is -0.465 e. The van der Waals surface area contributed by atoms with Crippen molar-refractivity contribution in [3.05, 3.63) is 95.6 Å². The molecule has 1 saturated carbocycles. The van der Waals surface area contributed by atoms with Crippen LogP contribution in [0.3, 0.4) is 0 Å². The Morgan fingerprint density at radius 3 is 2.50 bits per heavy atom. The van der Waals surface area contributed by atoms with Crippen molar-refractivity contribution in [1.82, 2.24) is 9.71 Å². The van der Waals surface area contributed by atoms with Crippen LogP contribution in [0.5, 0.6) is 11.5 Å². The van der Waals surface area contributed by atoms with Crippen molar-refractivity contribution in [3.63, 3.8) is 0 Å². The third-order valence-corrected chi connectivity index (χ3v) is 8.47. The van der Waals surface area contributed by atoms with Crippen molar-refractivity contribution in [3.8, 4) is 22.8 Å². The van der Waals surface area contributed by atoms with E-state index in [0.717, 1.165) is 29.7 Å². The molecule has 0 bridgehead atoms. The molecule has 3 heterocycles. The normalized spacial score (nSPS) is 15.4. The maximum absolute atomic E-state index is 13.4. The number of carbonyl (C=O) groups excluding carboxylic acids is 1. The Morgan fingerprint density at radius 2 is 1.76 bits per heavy atom. The zero-order valence-corrected chi connectivity index (χ0v) is 21.6. The van der Waals surface area contributed by atoms with E-state index < -0.39 is 15.4 Å². The fourth-order valence-electron chi connectivity index (χ4n) is 4.75. The number of carbonyl (C=O) groups is 1. The van der Waals surface area contributed by atoms with Crippen LogP contribution in [0.1, 0.15) is 35.6 Å². The SMILES string of the molecule is Cc1ccc(CNS(=O)(=O)c2ccc(-c3cccc(CC(=O)C4(c5ccc6c(c5)OCO6)CC4)n3)cc2)o1. The number of ketones is 1. The zero-order valence-electron chi connectivity index (χ0n) is 20.8. The zero-order chi connectivity index (χ0) is 26.3. The van der Waals surface area contributed by atoms with Crippen LogP contribution in [-0.4, -0.2) is 26.0 Å². The molecule has 2 aliphatic rings. The van der Waals surface area contributed by atoms with Crippen molar-refractivity contribution >= 4 is 15.8 Å². The van der Waals surface area contributed by atoms with Gasteiger partial charge in [-0.25, -0.2) is 13.1 Å². The number of rotatable bonds is 9. The van der Waals surface area contributed by atoms with E-state index in [0.29, 0.717) is 28.6 Å². The third-order valence-electron chi connectivity index (χ3n) is 7.05. The number of nitrogens with zero attached hydrogens (tertiary/aromatic N) is 1. The van der Waals surface area contributed by atoms with E-state index in [1.165, 1.54) is 0 Å². The molecule has 194 valence electrons. The third kappa shape index (κ3) is 4.70. The lowest BCUT2D eigenvalue weighted by molar-refractivity contribution is -0.120. The van der Waals surface area contributed by atoms with E-state index in [2.05, 4.69) is 4.72 Å². The largest absolute Gasteiger partial charge is 0.465 e. The van der Waals surface area contributed by atoms with Crippen LogP contribution in [0.15, 0.2) is 82.1 Å². The lowest BCUT2D eigenvalue weighted by atomic mass is 9.88. The summed E-state index contributed by atoms with van der Waals surface area (Å²) in [6.07, 6.45) is 1.81. The van der Waals surface area contributed by atoms with E-state index >= 15 is 0 Å². The first-order valence-electron chi connectivity index (χ1n) is 12.4. The first kappa shape index (κ1) is 24.4. The molecule has 4 aromatic rings. The van der Waals surface area contributed by atoms with Crippen LogP contribution >= 0.6 is 0 Å². The fourth-order valence-corrected chi connectivity index (χ4v) is 5.75. The molecule has 0 saturated heterocycles. The van der Waals surface area contributed by atoms with Gasteiger partial charge in [-0.3, -0.25) is 9.78 Å². The van der Waals surface area contributed by atoms with Gasteiger partial charge in [-0.15, -0.1) is 0 Å². The number of hydrogen-bond donors (Lipinski definition) is 1. The maximum atomic E-state index is 13.4. The number of ether oxygens (including phenoxy) is 2. The number of nitrogens with one attached hydrogen (secondary N) is 1. The highest BCUT2D eigenvalue weighted by atomic mass is 32.2. The van der Waals surface area contributed by atoms with Gasteiger partial charge in [0.15, 0.2) is 11.5 Å². The smallest absolute Gasteiger partial charge is 0.240 e. The number of hydrogen-bond acceptors (Lipinski definition) is 7. The summed E-state index contributed by atoms with van der Waals surface area (Å²) in [6.45, 7) is 2.08. The first-order valence-corrected chi connectivity index (χ1v) is 13.9. The number of pyridine rings is 1. The predicted molar refractivity (Wildman–Crippen MR) is 139 cm³/mol. The van der Waals surface area contributed by atoms with Crippen molar-refractivity contribution in [1.29, 1.82) is 0 Å². The summed E-state index contributed by atoms with van der Waals surface area (Å²) in [5.41, 5.74) is 2.56. The van der Waals surface area contributed by atoms with Crippen LogP contribution < -0.4 is 14.2 Å². The van der Waals surface area contributed by atoms with Gasteiger partial charge in [0.2, 0.25) is 16.8 Å². The maximum Gasteiger partial charge on any atom is 0.240 e. The van der Waals surface area contributed by atoms with Crippen LogP contribution in [-0.2, 0) is 33.2 Å². The average molecular weight is 531 g/mol. The van der Waals surface area contributed by atoms with Gasteiger partial charge in [0, 0.05) is 17.7 Å². The minimum atomic E-state index is -3.70. The number of aromatic nitrogens is 1. The Labute approximate surface area is 220 Å². The molecule has 1 aliphatic heterocycles. The van der Waals surface area contributed by atoms with Gasteiger partial charge in [0.1, 0.15) is 17.3 Å². The summed E-state index contributed by atoms with van der Waals surface area (Å²) in [4.78, 5) is 18.2. The van der Waals surface area contributed by atoms with E-state index in [1.54, 1.807) is 43.3 Å². The fraction of sp³-hybridized carbons (Fsp3) is 0.241. The lowest BCUT2D eigenvalue weighted by Gasteiger charge is -2.15. The van der Waals surface area contributed by atoms with Crippen molar-refractivity contribution in [2.24, 2.45) is 0 Å². The molecular weight excluding hydrogens is 504 g/mol. The van der Waals surface area contributed by atoms with Gasteiger partial charge in [-0.05, 0) is 73.9 Å². The molecule has 0 amide bonds. The Bertz CT molecular complexity index is 1620. The molecule has 0 unspecified atom stereocenters. The molecule has 8 nitrogen and oxygen atoms in total. The van der Waals surface area contributed by atoms with E-state index in [1.807, 2.05) is 36.4 Å². The Hall–Kier alpha value is -3.95. The molecular formula is C29H26N2O6S. The number of fused-ring (bicyclic) bond motifs is 1. The number of benzene rings is 2. The highest BCUT2D eigenvalue weighted by molar-refractivity contribution is 7.89. The minimum absolute atomic E-state index is 0.0727. The van der Waals surface area contributed by atoms with Crippen molar-refractivity contribution < 1.29 is 27.1 Å². The van der Waals surface area contributed by atoms with Crippen molar-refractivity contribution in [2.75, 3.05) is 6.79 Å². The molecule has 6 rings (SSSR count). The van der Waals surface area contributed by atoms with Crippen molar-refractivity contribution in [2.45, 2.75) is 43.0 Å². The second-order valence-electron chi connectivity index (χ2n) is 9.63. The molecule has 2 aromatic carbocycles. The molecule has 0 atom stereocenters. The van der Waals surface area contributed by atoms with Crippen LogP contribution in [0.2, 0.25) is 0 Å². The molecule has 2 aromatic heterocycles. The topological polar surface area (TPSA) is 108 Å². The van der Waals surface area contributed by atoms with Crippen LogP contribution in [0, 0.1) is 6.92 Å². The molecule has 1 aliphatic carbocycles. The van der Waals surface area contributed by atoms with Gasteiger partial charge in [-0.2, -0.15) is 0 Å². The molecule has 1 N–H and O–H groups in total. The summed E-state index contributed by atoms with van der Waals surface area (Å²) in [6, 6.07) is 21.3. The van der Waals surface area contributed by atoms with Gasteiger partial charge >= 0.3 is 0 Å². The Kier molecular flexibility index (Phi) is 6.04. The summed E-state index contributed by atoms with van der Waals surface area (Å²) in [5, 5.41) is 0. The Morgan fingerprint density at radius 1 is 0.974 bits per heavy atom. The van der Waals surface area contributed by atoms with Gasteiger partial charge < -0.3 is 13.9 Å². The van der Waals surface area contributed by atoms with E-state index in [-0.39, 0.29) is 30.4 Å². The molecule has 1 fully saturated rings. The molecule has 38 heavy (non-hydrogen) atoms. The van der Waals surface area contributed by atoms with E-state index in [4.69, 9.17) is 18.9 Å². The standard InChI is InChI=1S/C29H26N2O6S/c1-19-5-9-23(37-19)17-30-38(33,34)24-10-6-20(7-11-24)25-4-2-3-22(31-25)16-28(32)29(13-14-29)21-8-12-26-27(15-21)36-18-35-26/h2-12,15,30H,13-14,16-18H2,1H3. The highest BCUT2D eigenvalue weighted by Gasteiger charge is 2.51. The van der Waals surface area contributed by atoms with Crippen LogP contribution in [0.25, 0.3) is 11.3 Å². The molecule has 0 spiro atoms. The Balaban J connectivity index is 1.15. The molecule has 0 radical (unpaired) electrons. The number of sulfonamides is 1. The number of furan rings is 1. The molecule has 9 heteroatoms.